The number of rotatable bonds is 3. The van der Waals surface area contributed by atoms with E-state index in [4.69, 9.17) is 9.51 Å². The van der Waals surface area contributed by atoms with Crippen LogP contribution in [0.1, 0.15) is 11.5 Å². The SMILES string of the molecule is Cc1noc(C)c1-c1nccc2nc(-c3cc[c]cc3)c(-c3ccccc3)cc12. The van der Waals surface area contributed by atoms with Crippen molar-refractivity contribution in [2.24, 2.45) is 0 Å². The first-order chi connectivity index (χ1) is 14.2. The molecule has 0 bridgehead atoms. The third-order valence-electron chi connectivity index (χ3n) is 5.09. The first-order valence-electron chi connectivity index (χ1n) is 9.47. The normalized spacial score (nSPS) is 11.1. The molecule has 5 rings (SSSR count). The van der Waals surface area contributed by atoms with Gasteiger partial charge in [-0.2, -0.15) is 0 Å². The molecule has 0 spiro atoms. The number of nitrogens with zero attached hydrogens (tertiary/aromatic N) is 3. The van der Waals surface area contributed by atoms with Gasteiger partial charge < -0.3 is 4.52 Å². The van der Waals surface area contributed by atoms with Crippen molar-refractivity contribution in [1.82, 2.24) is 15.1 Å². The lowest BCUT2D eigenvalue weighted by atomic mass is 9.96. The number of hydrogen-bond donors (Lipinski definition) is 0. The highest BCUT2D eigenvalue weighted by atomic mass is 16.5. The number of fused-ring (bicyclic) bond motifs is 1. The van der Waals surface area contributed by atoms with Gasteiger partial charge in [-0.05, 0) is 37.6 Å². The fourth-order valence-corrected chi connectivity index (χ4v) is 3.72. The Labute approximate surface area is 168 Å². The topological polar surface area (TPSA) is 51.8 Å². The molecule has 4 nitrogen and oxygen atoms in total. The molecule has 3 aromatic heterocycles. The zero-order valence-electron chi connectivity index (χ0n) is 16.2. The highest BCUT2D eigenvalue weighted by molar-refractivity contribution is 5.99. The van der Waals surface area contributed by atoms with Crippen LogP contribution in [0.25, 0.3) is 44.5 Å². The van der Waals surface area contributed by atoms with Crippen LogP contribution in [-0.2, 0) is 0 Å². The Morgan fingerprint density at radius 3 is 2.38 bits per heavy atom. The molecule has 0 atom stereocenters. The van der Waals surface area contributed by atoms with Crippen molar-refractivity contribution < 1.29 is 4.52 Å². The van der Waals surface area contributed by atoms with Gasteiger partial charge in [-0.1, -0.05) is 59.8 Å². The summed E-state index contributed by atoms with van der Waals surface area (Å²) < 4.78 is 5.39. The van der Waals surface area contributed by atoms with Crippen LogP contribution >= 0.6 is 0 Å². The minimum absolute atomic E-state index is 0.756. The second kappa shape index (κ2) is 6.99. The molecule has 0 saturated heterocycles. The number of pyridine rings is 2. The van der Waals surface area contributed by atoms with Crippen molar-refractivity contribution in [2.45, 2.75) is 13.8 Å². The Kier molecular flexibility index (Phi) is 4.17. The molecule has 2 aromatic carbocycles. The zero-order chi connectivity index (χ0) is 19.8. The molecule has 3 heterocycles. The van der Waals surface area contributed by atoms with E-state index < -0.39 is 0 Å². The van der Waals surface area contributed by atoms with E-state index in [9.17, 15) is 0 Å². The Morgan fingerprint density at radius 1 is 0.862 bits per heavy atom. The minimum Gasteiger partial charge on any atom is -0.361 e. The summed E-state index contributed by atoms with van der Waals surface area (Å²) in [4.78, 5) is 9.71. The average Bonchev–Trinajstić information content (AvgIpc) is 3.11. The first kappa shape index (κ1) is 17.3. The molecule has 29 heavy (non-hydrogen) atoms. The van der Waals surface area contributed by atoms with E-state index in [-0.39, 0.29) is 0 Å². The zero-order valence-corrected chi connectivity index (χ0v) is 16.2. The van der Waals surface area contributed by atoms with Crippen molar-refractivity contribution in [3.05, 3.63) is 90.4 Å². The quantitative estimate of drug-likeness (QED) is 0.385. The molecule has 0 saturated carbocycles. The molecule has 0 fully saturated rings. The van der Waals surface area contributed by atoms with Crippen molar-refractivity contribution in [3.63, 3.8) is 0 Å². The molecule has 0 N–H and O–H groups in total. The minimum atomic E-state index is 0.756. The van der Waals surface area contributed by atoms with E-state index in [1.54, 1.807) is 6.20 Å². The Morgan fingerprint density at radius 2 is 1.66 bits per heavy atom. The maximum atomic E-state index is 5.39. The van der Waals surface area contributed by atoms with Crippen LogP contribution in [-0.4, -0.2) is 15.1 Å². The van der Waals surface area contributed by atoms with Crippen LogP contribution in [0, 0.1) is 19.9 Å². The molecule has 139 valence electrons. The number of aryl methyl sites for hydroxylation is 2. The number of benzene rings is 2. The monoisotopic (exact) mass is 376 g/mol. The van der Waals surface area contributed by atoms with Crippen molar-refractivity contribution in [2.75, 3.05) is 0 Å². The van der Waals surface area contributed by atoms with E-state index in [2.05, 4.69) is 34.4 Å². The molecule has 0 unspecified atom stereocenters. The highest BCUT2D eigenvalue weighted by Crippen LogP contribution is 2.37. The predicted molar refractivity (Wildman–Crippen MR) is 114 cm³/mol. The summed E-state index contributed by atoms with van der Waals surface area (Å²) in [6.07, 6.45) is 1.79. The lowest BCUT2D eigenvalue weighted by molar-refractivity contribution is 0.393. The highest BCUT2D eigenvalue weighted by Gasteiger charge is 2.18. The van der Waals surface area contributed by atoms with E-state index in [1.165, 1.54) is 0 Å². The maximum Gasteiger partial charge on any atom is 0.143 e. The van der Waals surface area contributed by atoms with Gasteiger partial charge >= 0.3 is 0 Å². The molecule has 4 heteroatoms. The van der Waals surface area contributed by atoms with Crippen molar-refractivity contribution in [3.8, 4) is 33.6 Å². The van der Waals surface area contributed by atoms with Crippen LogP contribution in [0.5, 0.6) is 0 Å². The van der Waals surface area contributed by atoms with Gasteiger partial charge in [-0.3, -0.25) is 4.98 Å². The predicted octanol–water partition coefficient (Wildman–Crippen LogP) is 6.04. The summed E-state index contributed by atoms with van der Waals surface area (Å²) >= 11 is 0. The second-order valence-corrected chi connectivity index (χ2v) is 6.96. The van der Waals surface area contributed by atoms with Gasteiger partial charge in [0.05, 0.1) is 28.2 Å². The van der Waals surface area contributed by atoms with Crippen LogP contribution in [0.2, 0.25) is 0 Å². The average molecular weight is 376 g/mol. The van der Waals surface area contributed by atoms with E-state index in [1.807, 2.05) is 62.4 Å². The van der Waals surface area contributed by atoms with E-state index in [0.717, 1.165) is 56.0 Å². The van der Waals surface area contributed by atoms with Gasteiger partial charge in [0.25, 0.3) is 0 Å². The van der Waals surface area contributed by atoms with Gasteiger partial charge in [0.2, 0.25) is 0 Å². The Hall–Kier alpha value is -3.79. The molecule has 1 radical (unpaired) electrons. The lowest BCUT2D eigenvalue weighted by Gasteiger charge is -2.13. The molecule has 0 aliphatic rings. The summed E-state index contributed by atoms with van der Waals surface area (Å²) in [5.74, 6) is 0.756. The van der Waals surface area contributed by atoms with Crippen molar-refractivity contribution in [1.29, 1.82) is 0 Å². The van der Waals surface area contributed by atoms with Gasteiger partial charge in [-0.25, -0.2) is 4.98 Å². The van der Waals surface area contributed by atoms with Crippen LogP contribution < -0.4 is 0 Å². The van der Waals surface area contributed by atoms with Crippen LogP contribution in [0.3, 0.4) is 0 Å². The molecule has 0 amide bonds. The summed E-state index contributed by atoms with van der Waals surface area (Å²) in [6, 6.07) is 25.4. The summed E-state index contributed by atoms with van der Waals surface area (Å²) in [5.41, 5.74) is 7.65. The van der Waals surface area contributed by atoms with Gasteiger partial charge in [-0.15, -0.1) is 0 Å². The number of hydrogen-bond acceptors (Lipinski definition) is 4. The number of aromatic nitrogens is 3. The molecular weight excluding hydrogens is 358 g/mol. The van der Waals surface area contributed by atoms with Gasteiger partial charge in [0.15, 0.2) is 0 Å². The van der Waals surface area contributed by atoms with Gasteiger partial charge in [0, 0.05) is 22.7 Å². The van der Waals surface area contributed by atoms with Crippen molar-refractivity contribution >= 4 is 10.9 Å². The summed E-state index contributed by atoms with van der Waals surface area (Å²) in [6.45, 7) is 3.85. The maximum absolute atomic E-state index is 5.39. The lowest BCUT2D eigenvalue weighted by Crippen LogP contribution is -1.95. The second-order valence-electron chi connectivity index (χ2n) is 6.96. The Balaban J connectivity index is 1.86. The Bertz CT molecular complexity index is 1290. The molecule has 0 aliphatic carbocycles. The summed E-state index contributed by atoms with van der Waals surface area (Å²) in [7, 11) is 0. The third kappa shape index (κ3) is 2.99. The van der Waals surface area contributed by atoms with E-state index >= 15 is 0 Å². The van der Waals surface area contributed by atoms with E-state index in [0.29, 0.717) is 0 Å². The summed E-state index contributed by atoms with van der Waals surface area (Å²) in [5, 5.41) is 5.08. The molecular formula is C25H18N3O. The molecule has 5 aromatic rings. The molecule has 0 aliphatic heterocycles. The van der Waals surface area contributed by atoms with Crippen LogP contribution in [0.15, 0.2) is 77.4 Å². The smallest absolute Gasteiger partial charge is 0.143 e. The fraction of sp³-hybridized carbons (Fsp3) is 0.0800. The fourth-order valence-electron chi connectivity index (χ4n) is 3.72. The van der Waals surface area contributed by atoms with Crippen LogP contribution in [0.4, 0.5) is 0 Å². The standard InChI is InChI=1S/C25H18N3O/c1-16-23(17(2)29-28-16)25-21-15-20(18-9-5-3-6-10-18)24(19-11-7-4-8-12-19)27-22(21)13-14-26-25/h3,5-15H,1-2H3. The third-order valence-corrected chi connectivity index (χ3v) is 5.09. The first-order valence-corrected chi connectivity index (χ1v) is 9.47. The largest absolute Gasteiger partial charge is 0.361 e. The van der Waals surface area contributed by atoms with Gasteiger partial charge in [0.1, 0.15) is 5.76 Å².